The summed E-state index contributed by atoms with van der Waals surface area (Å²) in [6, 6.07) is 12.5. The van der Waals surface area contributed by atoms with Crippen LogP contribution in [-0.4, -0.2) is 27.9 Å². The van der Waals surface area contributed by atoms with Crippen molar-refractivity contribution in [2.75, 3.05) is 13.6 Å². The van der Waals surface area contributed by atoms with Gasteiger partial charge in [0.25, 0.3) is 0 Å². The molecule has 0 saturated heterocycles. The van der Waals surface area contributed by atoms with E-state index in [0.717, 1.165) is 10.8 Å². The molecule has 0 radical (unpaired) electrons. The zero-order valence-corrected chi connectivity index (χ0v) is 11.9. The number of sulfonamides is 1. The van der Waals surface area contributed by atoms with Gasteiger partial charge < -0.3 is 5.32 Å². The Morgan fingerprint density at radius 2 is 1.80 bits per heavy atom. The molecule has 2 aromatic carbocycles. The molecule has 6 heteroatoms. The zero-order valence-electron chi connectivity index (χ0n) is 11.1. The minimum atomic E-state index is -3.59. The highest BCUT2D eigenvalue weighted by Gasteiger charge is 2.14. The second-order valence-corrected chi connectivity index (χ2v) is 6.10. The van der Waals surface area contributed by atoms with Crippen molar-refractivity contribution in [1.29, 1.82) is 0 Å². The van der Waals surface area contributed by atoms with E-state index < -0.39 is 10.0 Å². The van der Waals surface area contributed by atoms with Gasteiger partial charge in [-0.25, -0.2) is 13.1 Å². The summed E-state index contributed by atoms with van der Waals surface area (Å²) in [5, 5.41) is 4.29. The lowest BCUT2D eigenvalue weighted by Crippen LogP contribution is -2.29. The van der Waals surface area contributed by atoms with Crippen LogP contribution in [0.4, 0.5) is 0 Å². The quantitative estimate of drug-likeness (QED) is 0.871. The average molecular weight is 292 g/mol. The molecule has 0 spiro atoms. The van der Waals surface area contributed by atoms with Crippen molar-refractivity contribution in [2.24, 2.45) is 0 Å². The third-order valence-electron chi connectivity index (χ3n) is 2.95. The number of hydrogen-bond donors (Lipinski definition) is 2. The minimum Gasteiger partial charge on any atom is -0.359 e. The fourth-order valence-corrected chi connectivity index (χ4v) is 2.91. The number of nitrogens with one attached hydrogen (secondary N) is 2. The van der Waals surface area contributed by atoms with E-state index in [1.807, 2.05) is 24.3 Å². The van der Waals surface area contributed by atoms with Gasteiger partial charge in [0, 0.05) is 20.0 Å². The molecule has 106 valence electrons. The Morgan fingerprint density at radius 3 is 2.50 bits per heavy atom. The second kappa shape index (κ2) is 6.02. The van der Waals surface area contributed by atoms with Crippen LogP contribution in [0.5, 0.6) is 0 Å². The smallest absolute Gasteiger partial charge is 0.240 e. The van der Waals surface area contributed by atoms with E-state index in [9.17, 15) is 13.2 Å². The van der Waals surface area contributed by atoms with Crippen LogP contribution in [0.1, 0.15) is 6.42 Å². The Morgan fingerprint density at radius 1 is 1.10 bits per heavy atom. The highest BCUT2D eigenvalue weighted by Crippen LogP contribution is 2.18. The first-order valence-corrected chi connectivity index (χ1v) is 7.70. The molecule has 0 fully saturated rings. The van der Waals surface area contributed by atoms with Crippen LogP contribution in [0.3, 0.4) is 0 Å². The van der Waals surface area contributed by atoms with Gasteiger partial charge in [-0.05, 0) is 22.9 Å². The number of rotatable bonds is 5. The topological polar surface area (TPSA) is 75.3 Å². The Hall–Kier alpha value is -1.92. The van der Waals surface area contributed by atoms with Gasteiger partial charge in [-0.1, -0.05) is 30.3 Å². The molecule has 0 aliphatic heterocycles. The SMILES string of the molecule is CNC(=O)CCNS(=O)(=O)c1ccc2ccccc2c1. The van der Waals surface area contributed by atoms with E-state index in [1.165, 1.54) is 7.05 Å². The molecule has 20 heavy (non-hydrogen) atoms. The molecule has 0 aliphatic rings. The molecule has 0 heterocycles. The molecule has 0 atom stereocenters. The van der Waals surface area contributed by atoms with E-state index in [2.05, 4.69) is 10.0 Å². The van der Waals surface area contributed by atoms with Crippen LogP contribution < -0.4 is 10.0 Å². The van der Waals surface area contributed by atoms with Crippen molar-refractivity contribution in [3.63, 3.8) is 0 Å². The zero-order chi connectivity index (χ0) is 14.6. The van der Waals surface area contributed by atoms with Crippen molar-refractivity contribution in [1.82, 2.24) is 10.0 Å². The summed E-state index contributed by atoms with van der Waals surface area (Å²) in [5.74, 6) is -0.203. The van der Waals surface area contributed by atoms with Crippen molar-refractivity contribution in [2.45, 2.75) is 11.3 Å². The van der Waals surface area contributed by atoms with Crippen LogP contribution >= 0.6 is 0 Å². The third kappa shape index (κ3) is 3.34. The van der Waals surface area contributed by atoms with Crippen molar-refractivity contribution >= 4 is 26.7 Å². The third-order valence-corrected chi connectivity index (χ3v) is 4.41. The number of carbonyl (C=O) groups is 1. The maximum atomic E-state index is 12.1. The standard InChI is InChI=1S/C14H16N2O3S/c1-15-14(17)8-9-16-20(18,19)13-7-6-11-4-2-3-5-12(11)10-13/h2-7,10,16H,8-9H2,1H3,(H,15,17). The summed E-state index contributed by atoms with van der Waals surface area (Å²) in [4.78, 5) is 11.3. The van der Waals surface area contributed by atoms with Gasteiger partial charge in [-0.15, -0.1) is 0 Å². The Labute approximate surface area is 118 Å². The van der Waals surface area contributed by atoms with Gasteiger partial charge in [-0.3, -0.25) is 4.79 Å². The van der Waals surface area contributed by atoms with E-state index in [1.54, 1.807) is 18.2 Å². The van der Waals surface area contributed by atoms with Crippen molar-refractivity contribution in [3.8, 4) is 0 Å². The van der Waals surface area contributed by atoms with Gasteiger partial charge in [0.15, 0.2) is 0 Å². The van der Waals surface area contributed by atoms with Crippen LogP contribution in [-0.2, 0) is 14.8 Å². The number of hydrogen-bond acceptors (Lipinski definition) is 3. The molecule has 1 amide bonds. The highest BCUT2D eigenvalue weighted by molar-refractivity contribution is 7.89. The van der Waals surface area contributed by atoms with Gasteiger partial charge in [0.05, 0.1) is 4.90 Å². The molecule has 5 nitrogen and oxygen atoms in total. The summed E-state index contributed by atoms with van der Waals surface area (Å²) in [5.41, 5.74) is 0. The molecule has 2 rings (SSSR count). The lowest BCUT2D eigenvalue weighted by molar-refractivity contribution is -0.120. The normalized spacial score (nSPS) is 11.4. The van der Waals surface area contributed by atoms with E-state index in [-0.39, 0.29) is 23.8 Å². The Bertz CT molecular complexity index is 726. The van der Waals surface area contributed by atoms with Crippen LogP contribution in [0.25, 0.3) is 10.8 Å². The predicted molar refractivity (Wildman–Crippen MR) is 77.8 cm³/mol. The number of carbonyl (C=O) groups excluding carboxylic acids is 1. The lowest BCUT2D eigenvalue weighted by atomic mass is 10.1. The number of benzene rings is 2. The van der Waals surface area contributed by atoms with E-state index in [0.29, 0.717) is 0 Å². The molecule has 0 saturated carbocycles. The summed E-state index contributed by atoms with van der Waals surface area (Å²) in [6.45, 7) is 0.0782. The summed E-state index contributed by atoms with van der Waals surface area (Å²) < 4.78 is 26.6. The van der Waals surface area contributed by atoms with Crippen LogP contribution in [0.2, 0.25) is 0 Å². The van der Waals surface area contributed by atoms with Gasteiger partial charge in [-0.2, -0.15) is 0 Å². The van der Waals surface area contributed by atoms with Crippen LogP contribution in [0.15, 0.2) is 47.4 Å². The molecule has 0 unspecified atom stereocenters. The molecule has 2 aromatic rings. The Kier molecular flexibility index (Phi) is 4.36. The first kappa shape index (κ1) is 14.5. The predicted octanol–water partition coefficient (Wildman–Crippen LogP) is 1.25. The second-order valence-electron chi connectivity index (χ2n) is 4.33. The lowest BCUT2D eigenvalue weighted by Gasteiger charge is -2.07. The van der Waals surface area contributed by atoms with Gasteiger partial charge in [0.2, 0.25) is 15.9 Å². The van der Waals surface area contributed by atoms with E-state index >= 15 is 0 Å². The van der Waals surface area contributed by atoms with Crippen LogP contribution in [0, 0.1) is 0 Å². The maximum absolute atomic E-state index is 12.1. The largest absolute Gasteiger partial charge is 0.359 e. The molecular weight excluding hydrogens is 276 g/mol. The van der Waals surface area contributed by atoms with Gasteiger partial charge in [0.1, 0.15) is 0 Å². The minimum absolute atomic E-state index is 0.0782. The monoisotopic (exact) mass is 292 g/mol. The number of fused-ring (bicyclic) bond motifs is 1. The van der Waals surface area contributed by atoms with Crippen molar-refractivity contribution in [3.05, 3.63) is 42.5 Å². The summed E-state index contributed by atoms with van der Waals surface area (Å²) in [7, 11) is -2.07. The summed E-state index contributed by atoms with van der Waals surface area (Å²) in [6.07, 6.45) is 0.114. The molecule has 0 aromatic heterocycles. The molecule has 0 bridgehead atoms. The first-order valence-electron chi connectivity index (χ1n) is 6.22. The maximum Gasteiger partial charge on any atom is 0.240 e. The molecule has 0 aliphatic carbocycles. The molecule has 2 N–H and O–H groups in total. The van der Waals surface area contributed by atoms with E-state index in [4.69, 9.17) is 0 Å². The summed E-state index contributed by atoms with van der Waals surface area (Å²) >= 11 is 0. The van der Waals surface area contributed by atoms with Gasteiger partial charge >= 0.3 is 0 Å². The molecular formula is C14H16N2O3S. The number of amides is 1. The fraction of sp³-hybridized carbons (Fsp3) is 0.214. The Balaban J connectivity index is 2.17. The first-order chi connectivity index (χ1) is 9.53. The van der Waals surface area contributed by atoms with Crippen molar-refractivity contribution < 1.29 is 13.2 Å². The fourth-order valence-electron chi connectivity index (χ4n) is 1.84. The highest BCUT2D eigenvalue weighted by atomic mass is 32.2. The average Bonchev–Trinajstić information content (AvgIpc) is 2.46.